The molecular formula is C14H17N3O2. The fraction of sp³-hybridized carbons (Fsp3) is 0.357. The molecule has 1 aromatic carbocycles. The summed E-state index contributed by atoms with van der Waals surface area (Å²) in [5.74, 6) is 1.72. The molecule has 0 saturated carbocycles. The van der Waals surface area contributed by atoms with Gasteiger partial charge in [0.1, 0.15) is 24.5 Å². The molecule has 0 unspecified atom stereocenters. The largest absolute Gasteiger partial charge is 0.486 e. The van der Waals surface area contributed by atoms with E-state index in [1.807, 2.05) is 31.2 Å². The molecular weight excluding hydrogens is 242 g/mol. The molecule has 0 atom stereocenters. The van der Waals surface area contributed by atoms with Gasteiger partial charge >= 0.3 is 0 Å². The van der Waals surface area contributed by atoms with Crippen LogP contribution in [0.15, 0.2) is 30.6 Å². The lowest BCUT2D eigenvalue weighted by Crippen LogP contribution is -2.07. The second-order valence-corrected chi connectivity index (χ2v) is 4.30. The molecule has 1 heterocycles. The van der Waals surface area contributed by atoms with Crippen LogP contribution in [0.2, 0.25) is 0 Å². The Balaban J connectivity index is 1.94. The first kappa shape index (κ1) is 13.3. The van der Waals surface area contributed by atoms with Crippen LogP contribution in [0.5, 0.6) is 5.75 Å². The van der Waals surface area contributed by atoms with Gasteiger partial charge in [0.15, 0.2) is 5.82 Å². The molecule has 0 spiro atoms. The van der Waals surface area contributed by atoms with Gasteiger partial charge in [-0.25, -0.2) is 9.67 Å². The van der Waals surface area contributed by atoms with Gasteiger partial charge in [-0.05, 0) is 31.5 Å². The van der Waals surface area contributed by atoms with Crippen LogP contribution in [0.1, 0.15) is 25.2 Å². The smallest absolute Gasteiger partial charge is 0.164 e. The molecule has 0 fully saturated rings. The number of Topliss-reactive ketones (excluding diaryl/α,β-unsaturated/α-hetero) is 1. The summed E-state index contributed by atoms with van der Waals surface area (Å²) in [7, 11) is 0. The molecule has 2 aromatic rings. The minimum absolute atomic E-state index is 0.157. The minimum Gasteiger partial charge on any atom is -0.486 e. The first-order valence-corrected chi connectivity index (χ1v) is 6.27. The molecule has 5 nitrogen and oxygen atoms in total. The fourth-order valence-electron chi connectivity index (χ4n) is 1.80. The number of hydrogen-bond donors (Lipinski definition) is 0. The Morgan fingerprint density at radius 1 is 1.32 bits per heavy atom. The van der Waals surface area contributed by atoms with Crippen LogP contribution in [0.3, 0.4) is 0 Å². The maximum Gasteiger partial charge on any atom is 0.164 e. The van der Waals surface area contributed by atoms with Gasteiger partial charge in [0.25, 0.3) is 0 Å². The molecule has 0 aliphatic heterocycles. The molecule has 2 rings (SSSR count). The first-order valence-electron chi connectivity index (χ1n) is 6.27. The van der Waals surface area contributed by atoms with E-state index in [-0.39, 0.29) is 5.78 Å². The number of hydrogen-bond acceptors (Lipinski definition) is 4. The third-order valence-corrected chi connectivity index (χ3v) is 2.74. The number of nitrogens with zero attached hydrogens (tertiary/aromatic N) is 3. The van der Waals surface area contributed by atoms with Crippen molar-refractivity contribution in [3.63, 3.8) is 0 Å². The number of carbonyl (C=O) groups excluding carboxylic acids is 1. The molecule has 100 valence electrons. The zero-order valence-electron chi connectivity index (χ0n) is 11.2. The number of aromatic nitrogens is 3. The fourth-order valence-corrected chi connectivity index (χ4v) is 1.80. The van der Waals surface area contributed by atoms with Crippen LogP contribution < -0.4 is 4.74 Å². The molecule has 5 heteroatoms. The van der Waals surface area contributed by atoms with E-state index in [0.29, 0.717) is 13.0 Å². The Kier molecular flexibility index (Phi) is 4.28. The molecule has 0 radical (unpaired) electrons. The van der Waals surface area contributed by atoms with Crippen molar-refractivity contribution in [2.75, 3.05) is 0 Å². The Hall–Kier alpha value is -2.17. The van der Waals surface area contributed by atoms with E-state index in [0.717, 1.165) is 23.7 Å². The molecule has 1 aromatic heterocycles. The normalized spacial score (nSPS) is 10.4. The van der Waals surface area contributed by atoms with Gasteiger partial charge in [0, 0.05) is 13.0 Å². The van der Waals surface area contributed by atoms with Gasteiger partial charge in [-0.2, -0.15) is 5.10 Å². The van der Waals surface area contributed by atoms with Crippen LogP contribution >= 0.6 is 0 Å². The monoisotopic (exact) mass is 259 g/mol. The van der Waals surface area contributed by atoms with Gasteiger partial charge in [-0.1, -0.05) is 12.1 Å². The molecule has 0 aliphatic rings. The highest BCUT2D eigenvalue weighted by Gasteiger charge is 2.04. The number of rotatable bonds is 6. The highest BCUT2D eigenvalue weighted by molar-refractivity contribution is 5.78. The van der Waals surface area contributed by atoms with Crippen LogP contribution in [-0.4, -0.2) is 20.5 Å². The van der Waals surface area contributed by atoms with Gasteiger partial charge in [-0.15, -0.1) is 0 Å². The first-order chi connectivity index (χ1) is 9.19. The molecule has 0 bridgehead atoms. The van der Waals surface area contributed by atoms with Crippen molar-refractivity contribution in [2.45, 2.75) is 33.4 Å². The van der Waals surface area contributed by atoms with Crippen LogP contribution in [-0.2, 0) is 24.4 Å². The third-order valence-electron chi connectivity index (χ3n) is 2.74. The van der Waals surface area contributed by atoms with Crippen LogP contribution in [0.25, 0.3) is 0 Å². The SMILES string of the molecule is CCn1ncnc1COc1ccc(CC(C)=O)cc1. The molecule has 19 heavy (non-hydrogen) atoms. The Morgan fingerprint density at radius 2 is 2.05 bits per heavy atom. The van der Waals surface area contributed by atoms with Crippen molar-refractivity contribution in [3.8, 4) is 5.75 Å². The quantitative estimate of drug-likeness (QED) is 0.796. The average molecular weight is 259 g/mol. The second kappa shape index (κ2) is 6.13. The summed E-state index contributed by atoms with van der Waals surface area (Å²) >= 11 is 0. The van der Waals surface area contributed by atoms with E-state index < -0.39 is 0 Å². The lowest BCUT2D eigenvalue weighted by molar-refractivity contribution is -0.116. The van der Waals surface area contributed by atoms with Crippen molar-refractivity contribution in [2.24, 2.45) is 0 Å². The standard InChI is InChI=1S/C14H17N3O2/c1-3-17-14(15-10-16-17)9-19-13-6-4-12(5-7-13)8-11(2)18/h4-7,10H,3,8-9H2,1-2H3. The van der Waals surface area contributed by atoms with E-state index in [1.54, 1.807) is 11.6 Å². The Morgan fingerprint density at radius 3 is 2.68 bits per heavy atom. The van der Waals surface area contributed by atoms with Gasteiger partial charge < -0.3 is 4.74 Å². The highest BCUT2D eigenvalue weighted by atomic mass is 16.5. The Labute approximate surface area is 112 Å². The van der Waals surface area contributed by atoms with Crippen molar-refractivity contribution in [1.29, 1.82) is 0 Å². The lowest BCUT2D eigenvalue weighted by atomic mass is 10.1. The highest BCUT2D eigenvalue weighted by Crippen LogP contribution is 2.14. The van der Waals surface area contributed by atoms with Crippen molar-refractivity contribution in [1.82, 2.24) is 14.8 Å². The summed E-state index contributed by atoms with van der Waals surface area (Å²) in [4.78, 5) is 15.1. The average Bonchev–Trinajstić information content (AvgIpc) is 2.84. The van der Waals surface area contributed by atoms with E-state index in [2.05, 4.69) is 10.1 Å². The van der Waals surface area contributed by atoms with Gasteiger partial charge in [0.2, 0.25) is 0 Å². The third kappa shape index (κ3) is 3.64. The van der Waals surface area contributed by atoms with E-state index >= 15 is 0 Å². The van der Waals surface area contributed by atoms with Crippen molar-refractivity contribution >= 4 is 5.78 Å². The Bertz CT molecular complexity index is 546. The molecule has 0 saturated heterocycles. The zero-order chi connectivity index (χ0) is 13.7. The van der Waals surface area contributed by atoms with Crippen molar-refractivity contribution < 1.29 is 9.53 Å². The van der Waals surface area contributed by atoms with Crippen LogP contribution in [0.4, 0.5) is 0 Å². The number of carbonyl (C=O) groups is 1. The summed E-state index contributed by atoms with van der Waals surface area (Å²) in [6.07, 6.45) is 1.99. The van der Waals surface area contributed by atoms with E-state index in [9.17, 15) is 4.79 Å². The van der Waals surface area contributed by atoms with Gasteiger partial charge in [0.05, 0.1) is 0 Å². The summed E-state index contributed by atoms with van der Waals surface area (Å²) in [5.41, 5.74) is 0.997. The number of ketones is 1. The number of ether oxygens (including phenoxy) is 1. The second-order valence-electron chi connectivity index (χ2n) is 4.30. The summed E-state index contributed by atoms with van der Waals surface area (Å²) in [6.45, 7) is 4.76. The summed E-state index contributed by atoms with van der Waals surface area (Å²) < 4.78 is 7.44. The van der Waals surface area contributed by atoms with E-state index in [1.165, 1.54) is 6.33 Å². The molecule has 0 N–H and O–H groups in total. The maximum atomic E-state index is 11.0. The number of benzene rings is 1. The van der Waals surface area contributed by atoms with Crippen LogP contribution in [0, 0.1) is 0 Å². The van der Waals surface area contributed by atoms with E-state index in [4.69, 9.17) is 4.74 Å². The topological polar surface area (TPSA) is 57.0 Å². The zero-order valence-corrected chi connectivity index (χ0v) is 11.2. The maximum absolute atomic E-state index is 11.0. The number of aryl methyl sites for hydroxylation is 1. The molecule has 0 amide bonds. The van der Waals surface area contributed by atoms with Crippen molar-refractivity contribution in [3.05, 3.63) is 42.0 Å². The predicted octanol–water partition coefficient (Wildman–Crippen LogP) is 2.01. The summed E-state index contributed by atoms with van der Waals surface area (Å²) in [5, 5.41) is 4.08. The predicted molar refractivity (Wildman–Crippen MR) is 70.9 cm³/mol. The molecule has 0 aliphatic carbocycles. The lowest BCUT2D eigenvalue weighted by Gasteiger charge is -2.07. The minimum atomic E-state index is 0.157. The van der Waals surface area contributed by atoms with Gasteiger partial charge in [-0.3, -0.25) is 4.79 Å². The summed E-state index contributed by atoms with van der Waals surface area (Å²) in [6, 6.07) is 7.54.